The average molecular weight is 587 g/mol. The highest BCUT2D eigenvalue weighted by Gasteiger charge is 2.27. The fraction of sp³-hybridized carbons (Fsp3) is 0.163. The van der Waals surface area contributed by atoms with Gasteiger partial charge in [-0.2, -0.15) is 0 Å². The van der Waals surface area contributed by atoms with Crippen LogP contribution in [0.2, 0.25) is 0 Å². The van der Waals surface area contributed by atoms with Crippen molar-refractivity contribution in [1.82, 2.24) is 0 Å². The van der Waals surface area contributed by atoms with Crippen LogP contribution in [0.3, 0.4) is 0 Å². The summed E-state index contributed by atoms with van der Waals surface area (Å²) in [6.45, 7) is 10.9. The number of hydrogen-bond acceptors (Lipinski definition) is 2. The minimum absolute atomic E-state index is 0.0446. The van der Waals surface area contributed by atoms with Gasteiger partial charge in [0, 0.05) is 28.3 Å². The smallest absolute Gasteiger partial charge is 0.0572 e. The zero-order chi connectivity index (χ0) is 31.3. The molecule has 0 saturated heterocycles. The van der Waals surface area contributed by atoms with Crippen molar-refractivity contribution >= 4 is 28.4 Å². The molecule has 224 valence electrons. The Labute approximate surface area is 269 Å². The molecule has 2 heteroatoms. The summed E-state index contributed by atoms with van der Waals surface area (Å²) < 4.78 is 0. The zero-order valence-electron chi connectivity index (χ0n) is 27.0. The molecule has 0 saturated carbocycles. The highest BCUT2D eigenvalue weighted by Crippen LogP contribution is 2.43. The Hall–Kier alpha value is -5.08. The summed E-state index contributed by atoms with van der Waals surface area (Å²) in [4.78, 5) is 4.92. The fourth-order valence-electron chi connectivity index (χ4n) is 6.14. The second-order valence-electron chi connectivity index (χ2n) is 12.2. The van der Waals surface area contributed by atoms with Crippen molar-refractivity contribution in [2.75, 3.05) is 9.80 Å². The Balaban J connectivity index is 1.58. The van der Waals surface area contributed by atoms with E-state index in [9.17, 15) is 0 Å². The molecule has 0 N–H and O–H groups in total. The normalized spacial score (nSPS) is 14.2. The van der Waals surface area contributed by atoms with Gasteiger partial charge in [0.1, 0.15) is 0 Å². The van der Waals surface area contributed by atoms with Gasteiger partial charge >= 0.3 is 0 Å². The van der Waals surface area contributed by atoms with E-state index in [1.165, 1.54) is 56.0 Å². The molecular formula is C43H42N2. The van der Waals surface area contributed by atoms with E-state index in [0.29, 0.717) is 0 Å². The maximum atomic E-state index is 2.47. The molecule has 6 rings (SSSR count). The molecule has 0 spiro atoms. The van der Waals surface area contributed by atoms with Gasteiger partial charge in [0.2, 0.25) is 0 Å². The number of anilines is 4. The van der Waals surface area contributed by atoms with Gasteiger partial charge in [0.15, 0.2) is 0 Å². The molecule has 2 nitrogen and oxygen atoms in total. The summed E-state index contributed by atoms with van der Waals surface area (Å²) in [5, 5.41) is 0. The van der Waals surface area contributed by atoms with Crippen molar-refractivity contribution in [3.05, 3.63) is 185 Å². The van der Waals surface area contributed by atoms with Crippen LogP contribution in [-0.2, 0) is 0 Å². The number of aryl methyl sites for hydroxylation is 4. The number of benzene rings is 5. The van der Waals surface area contributed by atoms with Gasteiger partial charge in [0.25, 0.3) is 0 Å². The molecule has 0 radical (unpaired) electrons. The topological polar surface area (TPSA) is 6.48 Å². The summed E-state index contributed by atoms with van der Waals surface area (Å²) >= 11 is 0. The highest BCUT2D eigenvalue weighted by atomic mass is 15.2. The lowest BCUT2D eigenvalue weighted by atomic mass is 9.91. The number of allylic oxidation sites excluding steroid dienone is 5. The lowest BCUT2D eigenvalue weighted by Crippen LogP contribution is -2.24. The Kier molecular flexibility index (Phi) is 8.84. The fourth-order valence-corrected chi connectivity index (χ4v) is 6.14. The van der Waals surface area contributed by atoms with E-state index in [1.807, 2.05) is 0 Å². The van der Waals surface area contributed by atoms with Gasteiger partial charge in [-0.15, -0.1) is 0 Å². The highest BCUT2D eigenvalue weighted by molar-refractivity contribution is 5.92. The first kappa shape index (κ1) is 30.0. The van der Waals surface area contributed by atoms with Crippen LogP contribution >= 0.6 is 0 Å². The minimum atomic E-state index is 0.0446. The van der Waals surface area contributed by atoms with E-state index in [-0.39, 0.29) is 6.04 Å². The molecule has 0 fully saturated rings. The maximum absolute atomic E-state index is 2.47. The third-order valence-electron chi connectivity index (χ3n) is 8.67. The molecule has 1 atom stereocenters. The lowest BCUT2D eigenvalue weighted by molar-refractivity contribution is 0.770. The third kappa shape index (κ3) is 6.56. The third-order valence-corrected chi connectivity index (χ3v) is 8.67. The molecule has 0 aromatic heterocycles. The molecule has 0 bridgehead atoms. The molecule has 0 amide bonds. The van der Waals surface area contributed by atoms with Gasteiger partial charge in [0.05, 0.1) is 11.7 Å². The summed E-state index contributed by atoms with van der Waals surface area (Å²) in [5.41, 5.74) is 14.6. The van der Waals surface area contributed by atoms with Crippen molar-refractivity contribution in [3.63, 3.8) is 0 Å². The zero-order valence-corrected chi connectivity index (χ0v) is 27.0. The largest absolute Gasteiger partial charge is 0.334 e. The Morgan fingerprint density at radius 2 is 0.978 bits per heavy atom. The van der Waals surface area contributed by atoms with Crippen LogP contribution in [-0.4, -0.2) is 0 Å². The summed E-state index contributed by atoms with van der Waals surface area (Å²) in [6.07, 6.45) is 9.72. The van der Waals surface area contributed by atoms with Crippen molar-refractivity contribution in [2.45, 2.75) is 47.1 Å². The molecule has 5 aromatic carbocycles. The van der Waals surface area contributed by atoms with Crippen molar-refractivity contribution in [1.29, 1.82) is 0 Å². The second-order valence-corrected chi connectivity index (χ2v) is 12.2. The molecule has 0 heterocycles. The van der Waals surface area contributed by atoms with Gasteiger partial charge in [-0.3, -0.25) is 0 Å². The lowest BCUT2D eigenvalue weighted by Gasteiger charge is -2.36. The van der Waals surface area contributed by atoms with Crippen LogP contribution in [0.25, 0.3) is 5.70 Å². The van der Waals surface area contributed by atoms with E-state index >= 15 is 0 Å². The van der Waals surface area contributed by atoms with Gasteiger partial charge in [-0.05, 0) is 101 Å². The predicted molar refractivity (Wildman–Crippen MR) is 194 cm³/mol. The molecule has 1 aliphatic rings. The van der Waals surface area contributed by atoms with Crippen LogP contribution in [0, 0.1) is 27.7 Å². The van der Waals surface area contributed by atoms with Crippen molar-refractivity contribution < 1.29 is 0 Å². The first-order valence-corrected chi connectivity index (χ1v) is 15.9. The SMILES string of the molecule is Cc1ccc(N(/C(=C2\C=CC=CC2)c2ccccc2C(C)N(c2ccc(C)cc2)c2ccc(C)cc2)c2ccc(C)cc2)cc1. The maximum Gasteiger partial charge on any atom is 0.0572 e. The van der Waals surface area contributed by atoms with Gasteiger partial charge in [-0.25, -0.2) is 0 Å². The molecule has 1 aliphatic carbocycles. The quantitative estimate of drug-likeness (QED) is 0.178. The van der Waals surface area contributed by atoms with E-state index in [2.05, 4.69) is 190 Å². The van der Waals surface area contributed by atoms with E-state index in [0.717, 1.165) is 17.8 Å². The van der Waals surface area contributed by atoms with Crippen LogP contribution in [0.1, 0.15) is 52.8 Å². The van der Waals surface area contributed by atoms with Crippen LogP contribution in [0.4, 0.5) is 22.7 Å². The predicted octanol–water partition coefficient (Wildman–Crippen LogP) is 11.9. The Bertz CT molecular complexity index is 1750. The Morgan fingerprint density at radius 3 is 1.42 bits per heavy atom. The van der Waals surface area contributed by atoms with Gasteiger partial charge in [-0.1, -0.05) is 119 Å². The monoisotopic (exact) mass is 586 g/mol. The molecular weight excluding hydrogens is 544 g/mol. The Morgan fingerprint density at radius 1 is 0.533 bits per heavy atom. The van der Waals surface area contributed by atoms with E-state index < -0.39 is 0 Å². The van der Waals surface area contributed by atoms with E-state index in [4.69, 9.17) is 0 Å². The summed E-state index contributed by atoms with van der Waals surface area (Å²) in [6, 6.07) is 44.6. The van der Waals surface area contributed by atoms with Crippen LogP contribution in [0.5, 0.6) is 0 Å². The molecule has 1 unspecified atom stereocenters. The van der Waals surface area contributed by atoms with E-state index in [1.54, 1.807) is 0 Å². The first-order chi connectivity index (χ1) is 21.9. The first-order valence-electron chi connectivity index (χ1n) is 15.9. The minimum Gasteiger partial charge on any atom is -0.334 e. The standard InChI is InChI=1S/C43H42N2/c1-31-15-23-37(24-16-31)44(38-25-17-32(2)18-26-38)35(5)41-13-9-10-14-42(41)43(36-11-7-6-8-12-36)45(39-27-19-33(3)20-28-39)40-29-21-34(4)22-30-40/h6-11,13-30,35H,12H2,1-5H3/b43-36+. The van der Waals surface area contributed by atoms with Crippen molar-refractivity contribution in [2.24, 2.45) is 0 Å². The summed E-state index contributed by atoms with van der Waals surface area (Å²) in [7, 11) is 0. The van der Waals surface area contributed by atoms with Crippen LogP contribution < -0.4 is 9.80 Å². The average Bonchev–Trinajstić information content (AvgIpc) is 3.07. The number of nitrogens with zero attached hydrogens (tertiary/aromatic N) is 2. The second kappa shape index (κ2) is 13.3. The molecule has 45 heavy (non-hydrogen) atoms. The van der Waals surface area contributed by atoms with Crippen molar-refractivity contribution in [3.8, 4) is 0 Å². The van der Waals surface area contributed by atoms with Gasteiger partial charge < -0.3 is 9.80 Å². The number of hydrogen-bond donors (Lipinski definition) is 0. The molecule has 5 aromatic rings. The van der Waals surface area contributed by atoms with Crippen LogP contribution in [0.15, 0.2) is 151 Å². The summed E-state index contributed by atoms with van der Waals surface area (Å²) in [5.74, 6) is 0. The number of rotatable bonds is 8. The molecule has 0 aliphatic heterocycles.